The summed E-state index contributed by atoms with van der Waals surface area (Å²) >= 11 is 15.8. The molecular formula is C19H20BrCl2NO3. The van der Waals surface area contributed by atoms with E-state index in [1.807, 2.05) is 32.0 Å². The van der Waals surface area contributed by atoms with Gasteiger partial charge in [-0.25, -0.2) is 0 Å². The lowest BCUT2D eigenvalue weighted by Crippen LogP contribution is -2.40. The molecule has 2 rings (SSSR count). The van der Waals surface area contributed by atoms with Crippen molar-refractivity contribution >= 4 is 45.1 Å². The molecule has 140 valence electrons. The number of carboxylic acid groups (broad SMARTS) is 1. The highest BCUT2D eigenvalue weighted by Gasteiger charge is 2.21. The average molecular weight is 461 g/mol. The molecule has 0 aliphatic heterocycles. The van der Waals surface area contributed by atoms with Crippen molar-refractivity contribution in [3.8, 4) is 5.75 Å². The van der Waals surface area contributed by atoms with Gasteiger partial charge in [0.2, 0.25) is 0 Å². The number of aliphatic carboxylic acids is 1. The highest BCUT2D eigenvalue weighted by atomic mass is 79.9. The lowest BCUT2D eigenvalue weighted by atomic mass is 10.0. The van der Waals surface area contributed by atoms with Crippen molar-refractivity contribution in [3.63, 3.8) is 0 Å². The van der Waals surface area contributed by atoms with Crippen LogP contribution >= 0.6 is 39.1 Å². The number of carboxylic acids is 1. The zero-order chi connectivity index (χ0) is 19.3. The molecule has 2 aromatic rings. The molecule has 4 nitrogen and oxygen atoms in total. The summed E-state index contributed by atoms with van der Waals surface area (Å²) < 4.78 is 6.80. The molecule has 0 aliphatic carbocycles. The topological polar surface area (TPSA) is 58.6 Å². The van der Waals surface area contributed by atoms with Crippen molar-refractivity contribution in [3.05, 3.63) is 62.0 Å². The summed E-state index contributed by atoms with van der Waals surface area (Å²) in [6.45, 7) is 4.31. The molecule has 2 N–H and O–H groups in total. The molecule has 2 aromatic carbocycles. The molecule has 1 atom stereocenters. The molecule has 0 spiro atoms. The number of nitrogens with one attached hydrogen (secondary N) is 1. The number of carbonyl (C=O) groups is 1. The van der Waals surface area contributed by atoms with E-state index in [2.05, 4.69) is 21.2 Å². The lowest BCUT2D eigenvalue weighted by molar-refractivity contribution is -0.140. The van der Waals surface area contributed by atoms with Crippen molar-refractivity contribution in [1.29, 1.82) is 0 Å². The minimum Gasteiger partial charge on any atom is -0.488 e. The van der Waals surface area contributed by atoms with Crippen LogP contribution in [0.1, 0.15) is 25.0 Å². The quantitative estimate of drug-likeness (QED) is 0.543. The van der Waals surface area contributed by atoms with E-state index in [0.717, 1.165) is 10.0 Å². The van der Waals surface area contributed by atoms with Gasteiger partial charge in [0.25, 0.3) is 0 Å². The van der Waals surface area contributed by atoms with Gasteiger partial charge in [0.1, 0.15) is 18.4 Å². The van der Waals surface area contributed by atoms with Crippen LogP contribution in [0.3, 0.4) is 0 Å². The van der Waals surface area contributed by atoms with E-state index in [0.29, 0.717) is 27.9 Å². The van der Waals surface area contributed by atoms with Crippen LogP contribution in [-0.4, -0.2) is 17.1 Å². The second kappa shape index (κ2) is 9.60. The Labute approximate surface area is 171 Å². The van der Waals surface area contributed by atoms with Gasteiger partial charge in [0.05, 0.1) is 0 Å². The Kier molecular flexibility index (Phi) is 7.77. The third kappa shape index (κ3) is 5.61. The summed E-state index contributed by atoms with van der Waals surface area (Å²) in [5, 5.41) is 13.5. The smallest absolute Gasteiger partial charge is 0.320 e. The fourth-order valence-corrected chi connectivity index (χ4v) is 3.39. The summed E-state index contributed by atoms with van der Waals surface area (Å²) in [5.41, 5.74) is 1.55. The van der Waals surface area contributed by atoms with Gasteiger partial charge >= 0.3 is 5.97 Å². The monoisotopic (exact) mass is 459 g/mol. The van der Waals surface area contributed by atoms with Gasteiger partial charge < -0.3 is 9.84 Å². The molecule has 0 fully saturated rings. The third-order valence-corrected chi connectivity index (χ3v) is 5.10. The number of hydrogen-bond donors (Lipinski definition) is 2. The van der Waals surface area contributed by atoms with Crippen LogP contribution in [0.5, 0.6) is 5.75 Å². The summed E-state index contributed by atoms with van der Waals surface area (Å²) in [6.07, 6.45) is 0. The van der Waals surface area contributed by atoms with Crippen LogP contribution in [-0.2, 0) is 17.9 Å². The molecule has 0 saturated heterocycles. The molecular weight excluding hydrogens is 441 g/mol. The predicted octanol–water partition coefficient (Wildman–Crippen LogP) is 5.53. The SMILES string of the molecule is CC(C)C(NCc1cc(Br)ccc1OCc1c(Cl)cccc1Cl)C(=O)O. The zero-order valence-electron chi connectivity index (χ0n) is 14.4. The van der Waals surface area contributed by atoms with Gasteiger partial charge in [0, 0.05) is 32.2 Å². The molecule has 0 radical (unpaired) electrons. The van der Waals surface area contributed by atoms with E-state index in [1.54, 1.807) is 18.2 Å². The Hall–Kier alpha value is -1.27. The van der Waals surface area contributed by atoms with E-state index in [9.17, 15) is 9.90 Å². The van der Waals surface area contributed by atoms with Crippen LogP contribution in [0, 0.1) is 5.92 Å². The lowest BCUT2D eigenvalue weighted by Gasteiger charge is -2.19. The van der Waals surface area contributed by atoms with Crippen LogP contribution < -0.4 is 10.1 Å². The summed E-state index contributed by atoms with van der Waals surface area (Å²) in [6, 6.07) is 10.3. The van der Waals surface area contributed by atoms with Gasteiger partial charge in [-0.05, 0) is 36.2 Å². The Morgan fingerprint density at radius 2 is 1.88 bits per heavy atom. The molecule has 0 bridgehead atoms. The molecule has 0 heterocycles. The molecule has 0 saturated carbocycles. The Balaban J connectivity index is 2.15. The second-order valence-electron chi connectivity index (χ2n) is 6.18. The van der Waals surface area contributed by atoms with Crippen molar-refractivity contribution in [2.24, 2.45) is 5.92 Å². The van der Waals surface area contributed by atoms with E-state index in [4.69, 9.17) is 27.9 Å². The van der Waals surface area contributed by atoms with Gasteiger partial charge in [-0.15, -0.1) is 0 Å². The maximum atomic E-state index is 11.4. The van der Waals surface area contributed by atoms with Crippen LogP contribution in [0.2, 0.25) is 10.0 Å². The summed E-state index contributed by atoms with van der Waals surface area (Å²) in [4.78, 5) is 11.4. The Bertz CT molecular complexity index is 763. The maximum absolute atomic E-state index is 11.4. The Morgan fingerprint density at radius 3 is 2.46 bits per heavy atom. The number of rotatable bonds is 8. The number of hydrogen-bond acceptors (Lipinski definition) is 3. The molecule has 1 unspecified atom stereocenters. The first-order valence-electron chi connectivity index (χ1n) is 8.10. The first-order chi connectivity index (χ1) is 12.3. The predicted molar refractivity (Wildman–Crippen MR) is 108 cm³/mol. The minimum absolute atomic E-state index is 0.0362. The highest BCUT2D eigenvalue weighted by Crippen LogP contribution is 2.28. The van der Waals surface area contributed by atoms with Crippen molar-refractivity contribution in [2.75, 3.05) is 0 Å². The largest absolute Gasteiger partial charge is 0.488 e. The Morgan fingerprint density at radius 1 is 1.23 bits per heavy atom. The number of benzene rings is 2. The van der Waals surface area contributed by atoms with Crippen LogP contribution in [0.4, 0.5) is 0 Å². The van der Waals surface area contributed by atoms with Gasteiger partial charge in [0.15, 0.2) is 0 Å². The summed E-state index contributed by atoms with van der Waals surface area (Å²) in [7, 11) is 0. The maximum Gasteiger partial charge on any atom is 0.320 e. The van der Waals surface area contributed by atoms with Gasteiger partial charge in [-0.2, -0.15) is 0 Å². The fraction of sp³-hybridized carbons (Fsp3) is 0.316. The molecule has 0 aromatic heterocycles. The van der Waals surface area contributed by atoms with E-state index >= 15 is 0 Å². The van der Waals surface area contributed by atoms with Crippen molar-refractivity contribution in [2.45, 2.75) is 33.0 Å². The van der Waals surface area contributed by atoms with Crippen LogP contribution in [0.25, 0.3) is 0 Å². The number of ether oxygens (including phenoxy) is 1. The highest BCUT2D eigenvalue weighted by molar-refractivity contribution is 9.10. The zero-order valence-corrected chi connectivity index (χ0v) is 17.5. The molecule has 0 amide bonds. The first kappa shape index (κ1) is 21.0. The molecule has 0 aliphatic rings. The van der Waals surface area contributed by atoms with E-state index < -0.39 is 12.0 Å². The minimum atomic E-state index is -0.875. The molecule has 7 heteroatoms. The first-order valence-corrected chi connectivity index (χ1v) is 9.64. The second-order valence-corrected chi connectivity index (χ2v) is 7.91. The number of halogens is 3. The van der Waals surface area contributed by atoms with E-state index in [-0.39, 0.29) is 12.5 Å². The van der Waals surface area contributed by atoms with Crippen molar-refractivity contribution in [1.82, 2.24) is 5.32 Å². The normalized spacial score (nSPS) is 12.2. The van der Waals surface area contributed by atoms with Crippen molar-refractivity contribution < 1.29 is 14.6 Å². The van der Waals surface area contributed by atoms with E-state index in [1.165, 1.54) is 0 Å². The average Bonchev–Trinajstić information content (AvgIpc) is 2.55. The standard InChI is InChI=1S/C19H20BrCl2NO3/c1-11(2)18(19(24)25)23-9-12-8-13(20)6-7-17(12)26-10-14-15(21)4-3-5-16(14)22/h3-8,11,18,23H,9-10H2,1-2H3,(H,24,25). The molecule has 26 heavy (non-hydrogen) atoms. The van der Waals surface area contributed by atoms with Gasteiger partial charge in [-0.3, -0.25) is 10.1 Å². The van der Waals surface area contributed by atoms with Crippen LogP contribution in [0.15, 0.2) is 40.9 Å². The third-order valence-electron chi connectivity index (χ3n) is 3.90. The summed E-state index contributed by atoms with van der Waals surface area (Å²) in [5.74, 6) is -0.268. The fourth-order valence-electron chi connectivity index (χ4n) is 2.48. The van der Waals surface area contributed by atoms with Gasteiger partial charge in [-0.1, -0.05) is 59.0 Å².